The van der Waals surface area contributed by atoms with Crippen molar-refractivity contribution in [2.75, 3.05) is 5.32 Å². The van der Waals surface area contributed by atoms with Crippen LogP contribution in [0.3, 0.4) is 0 Å². The lowest BCUT2D eigenvalue weighted by atomic mass is 10.1. The first-order chi connectivity index (χ1) is 14.7. The molecule has 0 aliphatic carbocycles. The van der Waals surface area contributed by atoms with Gasteiger partial charge in [-0.1, -0.05) is 0 Å². The van der Waals surface area contributed by atoms with E-state index in [1.54, 1.807) is 12.5 Å². The van der Waals surface area contributed by atoms with Crippen molar-refractivity contribution >= 4 is 22.5 Å². The van der Waals surface area contributed by atoms with Crippen LogP contribution in [0.4, 0.5) is 11.5 Å². The molecule has 7 heteroatoms. The van der Waals surface area contributed by atoms with Gasteiger partial charge < -0.3 is 5.32 Å². The number of anilines is 2. The molecule has 1 aromatic carbocycles. The highest BCUT2D eigenvalue weighted by molar-refractivity contribution is 5.82. The van der Waals surface area contributed by atoms with Crippen molar-refractivity contribution in [3.8, 4) is 17.1 Å². The Bertz CT molecular complexity index is 1340. The average Bonchev–Trinajstić information content (AvgIpc) is 3.19. The van der Waals surface area contributed by atoms with Crippen LogP contribution in [0.1, 0.15) is 11.3 Å². The molecule has 145 valence electrons. The van der Waals surface area contributed by atoms with Gasteiger partial charge in [-0.3, -0.25) is 9.55 Å². The van der Waals surface area contributed by atoms with E-state index in [4.69, 9.17) is 4.98 Å². The monoisotopic (exact) mass is 392 g/mol. The van der Waals surface area contributed by atoms with Crippen LogP contribution in [-0.4, -0.2) is 29.7 Å². The Morgan fingerprint density at radius 2 is 1.93 bits per heavy atom. The van der Waals surface area contributed by atoms with Crippen molar-refractivity contribution in [2.24, 2.45) is 0 Å². The molecule has 0 fully saturated rings. The summed E-state index contributed by atoms with van der Waals surface area (Å²) in [5.41, 5.74) is 6.45. The lowest BCUT2D eigenvalue weighted by molar-refractivity contribution is 0.986. The van der Waals surface area contributed by atoms with Crippen molar-refractivity contribution in [3.05, 3.63) is 84.6 Å². The third-order valence-corrected chi connectivity index (χ3v) is 4.82. The molecule has 0 aliphatic rings. The van der Waals surface area contributed by atoms with Crippen molar-refractivity contribution in [1.29, 1.82) is 0 Å². The van der Waals surface area contributed by atoms with Gasteiger partial charge in [-0.2, -0.15) is 5.10 Å². The number of hydrogen-bond acceptors (Lipinski definition) is 6. The summed E-state index contributed by atoms with van der Waals surface area (Å²) in [5.74, 6) is 1.48. The number of nitrogens with zero attached hydrogens (tertiary/aromatic N) is 6. The Labute approximate surface area is 173 Å². The highest BCUT2D eigenvalue weighted by Crippen LogP contribution is 2.25. The van der Waals surface area contributed by atoms with Crippen LogP contribution >= 0.6 is 0 Å². The molecule has 0 spiro atoms. The van der Waals surface area contributed by atoms with Gasteiger partial charge in [0.05, 0.1) is 22.4 Å². The zero-order chi connectivity index (χ0) is 20.5. The predicted octanol–water partition coefficient (Wildman–Crippen LogP) is 4.43. The van der Waals surface area contributed by atoms with Gasteiger partial charge in [0.25, 0.3) is 0 Å². The molecular formula is C23H18N7. The maximum atomic E-state index is 4.80. The van der Waals surface area contributed by atoms with E-state index in [0.29, 0.717) is 5.82 Å². The molecule has 1 N–H and O–H groups in total. The second-order valence-electron chi connectivity index (χ2n) is 6.99. The van der Waals surface area contributed by atoms with Gasteiger partial charge in [-0.05, 0) is 67.9 Å². The van der Waals surface area contributed by atoms with Crippen molar-refractivity contribution < 1.29 is 0 Å². The van der Waals surface area contributed by atoms with E-state index in [-0.39, 0.29) is 0 Å². The summed E-state index contributed by atoms with van der Waals surface area (Å²) in [6.45, 7) is 3.93. The van der Waals surface area contributed by atoms with Crippen LogP contribution in [0.15, 0.2) is 67.3 Å². The molecule has 4 heterocycles. The van der Waals surface area contributed by atoms with Crippen LogP contribution < -0.4 is 5.32 Å². The molecule has 0 bridgehead atoms. The molecule has 0 unspecified atom stereocenters. The summed E-state index contributed by atoms with van der Waals surface area (Å²) >= 11 is 0. The molecular weight excluding hydrogens is 374 g/mol. The first-order valence-corrected chi connectivity index (χ1v) is 9.52. The summed E-state index contributed by atoms with van der Waals surface area (Å²) < 4.78 is 1.97. The second kappa shape index (κ2) is 7.36. The number of rotatable bonds is 4. The molecule has 0 saturated heterocycles. The Morgan fingerprint density at radius 1 is 1.00 bits per heavy atom. The SMILES string of the molecule is Cc1ccc(Nc2ccc3c(c2)ncn3-c2cc[c]c(-c3ccncc3C)n2)nn1. The van der Waals surface area contributed by atoms with Crippen molar-refractivity contribution in [2.45, 2.75) is 13.8 Å². The fourth-order valence-electron chi connectivity index (χ4n) is 3.28. The fourth-order valence-corrected chi connectivity index (χ4v) is 3.28. The maximum Gasteiger partial charge on any atom is 0.153 e. The molecule has 4 aromatic heterocycles. The molecule has 0 amide bonds. The third-order valence-electron chi connectivity index (χ3n) is 4.82. The smallest absolute Gasteiger partial charge is 0.153 e. The Hall–Kier alpha value is -4.13. The summed E-state index contributed by atoms with van der Waals surface area (Å²) in [6.07, 6.45) is 5.38. The van der Waals surface area contributed by atoms with E-state index < -0.39 is 0 Å². The summed E-state index contributed by atoms with van der Waals surface area (Å²) in [4.78, 5) is 13.5. The number of benzene rings is 1. The average molecular weight is 392 g/mol. The maximum absolute atomic E-state index is 4.80. The standard InChI is InChI=1S/C23H18N7/c1-15-13-24-11-10-18(15)19-4-3-5-23(27-19)30-14-25-20-12-17(7-8-21(20)30)26-22-9-6-16(2)28-29-22/h3,5-14H,1-2H3,(H,26,29). The first-order valence-electron chi connectivity index (χ1n) is 9.52. The number of aromatic nitrogens is 6. The number of nitrogens with one attached hydrogen (secondary N) is 1. The van der Waals surface area contributed by atoms with Crippen LogP contribution in [0, 0.1) is 19.9 Å². The van der Waals surface area contributed by atoms with E-state index in [9.17, 15) is 0 Å². The molecule has 1 radical (unpaired) electrons. The van der Waals surface area contributed by atoms with E-state index >= 15 is 0 Å². The normalized spacial score (nSPS) is 11.0. The van der Waals surface area contributed by atoms with Gasteiger partial charge >= 0.3 is 0 Å². The Kier molecular flexibility index (Phi) is 4.40. The van der Waals surface area contributed by atoms with Gasteiger partial charge in [0.2, 0.25) is 0 Å². The number of hydrogen-bond donors (Lipinski definition) is 1. The van der Waals surface area contributed by atoms with Crippen LogP contribution in [0.5, 0.6) is 0 Å². The molecule has 5 rings (SSSR count). The van der Waals surface area contributed by atoms with Crippen LogP contribution in [-0.2, 0) is 0 Å². The topological polar surface area (TPSA) is 81.4 Å². The van der Waals surface area contributed by atoms with E-state index in [2.05, 4.69) is 31.5 Å². The van der Waals surface area contributed by atoms with Crippen LogP contribution in [0.25, 0.3) is 28.1 Å². The zero-order valence-electron chi connectivity index (χ0n) is 16.5. The van der Waals surface area contributed by atoms with Gasteiger partial charge in [-0.25, -0.2) is 9.97 Å². The lowest BCUT2D eigenvalue weighted by Gasteiger charge is -2.09. The summed E-state index contributed by atoms with van der Waals surface area (Å²) in [6, 6.07) is 18.8. The Balaban J connectivity index is 1.49. The quantitative estimate of drug-likeness (QED) is 0.487. The molecule has 0 atom stereocenters. The van der Waals surface area contributed by atoms with E-state index in [1.165, 1.54) is 0 Å². The minimum atomic E-state index is 0.692. The molecule has 0 aliphatic heterocycles. The van der Waals surface area contributed by atoms with Gasteiger partial charge in [0.15, 0.2) is 5.82 Å². The van der Waals surface area contributed by atoms with E-state index in [1.807, 2.05) is 73.1 Å². The number of pyridine rings is 2. The van der Waals surface area contributed by atoms with Gasteiger partial charge in [0, 0.05) is 29.7 Å². The summed E-state index contributed by atoms with van der Waals surface area (Å²) in [5, 5.41) is 11.5. The fraction of sp³-hybridized carbons (Fsp3) is 0.0870. The summed E-state index contributed by atoms with van der Waals surface area (Å²) in [7, 11) is 0. The number of aryl methyl sites for hydroxylation is 2. The highest BCUT2D eigenvalue weighted by atomic mass is 15.2. The number of fused-ring (bicyclic) bond motifs is 1. The number of imidazole rings is 1. The zero-order valence-corrected chi connectivity index (χ0v) is 16.5. The van der Waals surface area contributed by atoms with E-state index in [0.717, 1.165) is 45.1 Å². The lowest BCUT2D eigenvalue weighted by Crippen LogP contribution is -1.98. The first kappa shape index (κ1) is 17.9. The van der Waals surface area contributed by atoms with Crippen molar-refractivity contribution in [3.63, 3.8) is 0 Å². The Morgan fingerprint density at radius 3 is 2.77 bits per heavy atom. The minimum absolute atomic E-state index is 0.692. The molecule has 7 nitrogen and oxygen atoms in total. The second-order valence-corrected chi connectivity index (χ2v) is 6.99. The van der Waals surface area contributed by atoms with Crippen molar-refractivity contribution in [1.82, 2.24) is 29.7 Å². The van der Waals surface area contributed by atoms with Crippen LogP contribution in [0.2, 0.25) is 0 Å². The van der Waals surface area contributed by atoms with Gasteiger partial charge in [-0.15, -0.1) is 5.10 Å². The largest absolute Gasteiger partial charge is 0.339 e. The molecule has 0 saturated carbocycles. The minimum Gasteiger partial charge on any atom is -0.339 e. The molecule has 5 aromatic rings. The molecule has 30 heavy (non-hydrogen) atoms. The highest BCUT2D eigenvalue weighted by Gasteiger charge is 2.10. The predicted molar refractivity (Wildman–Crippen MR) is 116 cm³/mol. The third kappa shape index (κ3) is 3.37. The van der Waals surface area contributed by atoms with Gasteiger partial charge in [0.1, 0.15) is 12.1 Å².